The second-order valence-corrected chi connectivity index (χ2v) is 5.49. The molecule has 4 nitrogen and oxygen atoms in total. The molecule has 2 heterocycles. The summed E-state index contributed by atoms with van der Waals surface area (Å²) in [6, 6.07) is 0.353. The highest BCUT2D eigenvalue weighted by molar-refractivity contribution is 5.95. The van der Waals surface area contributed by atoms with Crippen molar-refractivity contribution in [2.24, 2.45) is 11.8 Å². The van der Waals surface area contributed by atoms with E-state index in [1.807, 2.05) is 6.92 Å². The molecule has 1 aromatic heterocycles. The Morgan fingerprint density at radius 2 is 2.22 bits per heavy atom. The van der Waals surface area contributed by atoms with E-state index in [9.17, 15) is 4.79 Å². The maximum atomic E-state index is 12.3. The van der Waals surface area contributed by atoms with Gasteiger partial charge >= 0.3 is 0 Å². The fourth-order valence-electron chi connectivity index (χ4n) is 3.50. The van der Waals surface area contributed by atoms with Gasteiger partial charge in [-0.15, -0.1) is 0 Å². The van der Waals surface area contributed by atoms with Crippen molar-refractivity contribution in [2.75, 3.05) is 6.54 Å². The molecule has 18 heavy (non-hydrogen) atoms. The highest BCUT2D eigenvalue weighted by atomic mass is 16.1. The second-order valence-electron chi connectivity index (χ2n) is 5.49. The number of fused-ring (bicyclic) bond motifs is 1. The van der Waals surface area contributed by atoms with Crippen LogP contribution in [-0.2, 0) is 0 Å². The number of carbonyl (C=O) groups is 1. The molecule has 1 saturated carbocycles. The summed E-state index contributed by atoms with van der Waals surface area (Å²) in [6.45, 7) is 2.93. The quantitative estimate of drug-likeness (QED) is 0.824. The molecule has 1 saturated heterocycles. The first kappa shape index (κ1) is 11.8. The van der Waals surface area contributed by atoms with Crippen LogP contribution in [0.1, 0.15) is 41.9 Å². The van der Waals surface area contributed by atoms with Gasteiger partial charge in [-0.05, 0) is 38.1 Å². The molecule has 1 aromatic rings. The molecule has 3 atom stereocenters. The monoisotopic (exact) mass is 245 g/mol. The minimum absolute atomic E-state index is 0.130. The zero-order chi connectivity index (χ0) is 12.5. The standard InChI is InChI=1S/C14H19N3O/c1-9-14(16-6-5-15-9)13(18)7-12-11-4-2-3-10(11)8-17-12/h5-6,10-12,17H,2-4,7-8H2,1H3. The lowest BCUT2D eigenvalue weighted by atomic mass is 9.90. The Labute approximate surface area is 107 Å². The average molecular weight is 245 g/mol. The van der Waals surface area contributed by atoms with Gasteiger partial charge in [-0.2, -0.15) is 0 Å². The fourth-order valence-corrected chi connectivity index (χ4v) is 3.50. The lowest BCUT2D eigenvalue weighted by Gasteiger charge is -2.17. The summed E-state index contributed by atoms with van der Waals surface area (Å²) in [5.41, 5.74) is 1.28. The smallest absolute Gasteiger partial charge is 0.184 e. The molecule has 1 aliphatic carbocycles. The SMILES string of the molecule is Cc1nccnc1C(=O)CC1NCC2CCCC21. The summed E-state index contributed by atoms with van der Waals surface area (Å²) >= 11 is 0. The number of ketones is 1. The van der Waals surface area contributed by atoms with Crippen LogP contribution in [0.5, 0.6) is 0 Å². The first-order chi connectivity index (χ1) is 8.75. The maximum Gasteiger partial charge on any atom is 0.184 e. The van der Waals surface area contributed by atoms with Crippen molar-refractivity contribution in [3.63, 3.8) is 0 Å². The van der Waals surface area contributed by atoms with E-state index in [4.69, 9.17) is 0 Å². The number of aromatic nitrogens is 2. The Bertz CT molecular complexity index is 460. The Morgan fingerprint density at radius 3 is 3.06 bits per heavy atom. The number of nitrogens with zero attached hydrogens (tertiary/aromatic N) is 2. The van der Waals surface area contributed by atoms with E-state index >= 15 is 0 Å². The van der Waals surface area contributed by atoms with Gasteiger partial charge in [0, 0.05) is 24.9 Å². The molecule has 96 valence electrons. The molecular formula is C14H19N3O. The lowest BCUT2D eigenvalue weighted by molar-refractivity contribution is 0.0957. The molecule has 3 rings (SSSR count). The van der Waals surface area contributed by atoms with Gasteiger partial charge in [0.2, 0.25) is 0 Å². The van der Waals surface area contributed by atoms with Crippen LogP contribution >= 0.6 is 0 Å². The fraction of sp³-hybridized carbons (Fsp3) is 0.643. The third-order valence-electron chi connectivity index (χ3n) is 4.43. The second kappa shape index (κ2) is 4.76. The van der Waals surface area contributed by atoms with Crippen LogP contribution in [0.25, 0.3) is 0 Å². The van der Waals surface area contributed by atoms with E-state index in [0.717, 1.165) is 18.2 Å². The van der Waals surface area contributed by atoms with Gasteiger partial charge in [0.25, 0.3) is 0 Å². The van der Waals surface area contributed by atoms with Crippen molar-refractivity contribution in [2.45, 2.75) is 38.6 Å². The molecule has 0 amide bonds. The van der Waals surface area contributed by atoms with Crippen LogP contribution in [0.4, 0.5) is 0 Å². The van der Waals surface area contributed by atoms with E-state index in [2.05, 4.69) is 15.3 Å². The zero-order valence-electron chi connectivity index (χ0n) is 10.7. The highest BCUT2D eigenvalue weighted by Crippen LogP contribution is 2.38. The summed E-state index contributed by atoms with van der Waals surface area (Å²) in [4.78, 5) is 20.6. The van der Waals surface area contributed by atoms with Crippen molar-refractivity contribution in [3.05, 3.63) is 23.8 Å². The minimum atomic E-state index is 0.130. The van der Waals surface area contributed by atoms with E-state index in [0.29, 0.717) is 24.1 Å². The van der Waals surface area contributed by atoms with Crippen LogP contribution in [0.3, 0.4) is 0 Å². The van der Waals surface area contributed by atoms with Gasteiger partial charge in [0.15, 0.2) is 5.78 Å². The topological polar surface area (TPSA) is 54.9 Å². The summed E-state index contributed by atoms with van der Waals surface area (Å²) in [5.74, 6) is 1.63. The van der Waals surface area contributed by atoms with Crippen molar-refractivity contribution >= 4 is 5.78 Å². The molecule has 0 aromatic carbocycles. The number of Topliss-reactive ketones (excluding diaryl/α,β-unsaturated/α-hetero) is 1. The molecule has 0 spiro atoms. The largest absolute Gasteiger partial charge is 0.313 e. The third-order valence-corrected chi connectivity index (χ3v) is 4.43. The minimum Gasteiger partial charge on any atom is -0.313 e. The number of carbonyl (C=O) groups excluding carboxylic acids is 1. The molecule has 0 bridgehead atoms. The van der Waals surface area contributed by atoms with Gasteiger partial charge in [-0.1, -0.05) is 6.42 Å². The highest BCUT2D eigenvalue weighted by Gasteiger charge is 2.39. The van der Waals surface area contributed by atoms with Gasteiger partial charge in [0.1, 0.15) is 5.69 Å². The van der Waals surface area contributed by atoms with Gasteiger partial charge < -0.3 is 5.32 Å². The Hall–Kier alpha value is -1.29. The molecule has 2 fully saturated rings. The zero-order valence-corrected chi connectivity index (χ0v) is 10.7. The van der Waals surface area contributed by atoms with Crippen LogP contribution < -0.4 is 5.32 Å². The van der Waals surface area contributed by atoms with Crippen LogP contribution in [0, 0.1) is 18.8 Å². The average Bonchev–Trinajstić information content (AvgIpc) is 2.94. The molecule has 4 heteroatoms. The van der Waals surface area contributed by atoms with Gasteiger partial charge in [-0.3, -0.25) is 9.78 Å². The number of aryl methyl sites for hydroxylation is 1. The number of rotatable bonds is 3. The summed E-state index contributed by atoms with van der Waals surface area (Å²) < 4.78 is 0. The Morgan fingerprint density at radius 1 is 1.39 bits per heavy atom. The van der Waals surface area contributed by atoms with Gasteiger partial charge in [0.05, 0.1) is 5.69 Å². The molecule has 0 radical (unpaired) electrons. The van der Waals surface area contributed by atoms with Crippen LogP contribution in [0.2, 0.25) is 0 Å². The van der Waals surface area contributed by atoms with Crippen molar-refractivity contribution in [1.82, 2.24) is 15.3 Å². The van der Waals surface area contributed by atoms with Crippen LogP contribution in [-0.4, -0.2) is 28.3 Å². The number of hydrogen-bond donors (Lipinski definition) is 1. The third kappa shape index (κ3) is 2.05. The van der Waals surface area contributed by atoms with Crippen LogP contribution in [0.15, 0.2) is 12.4 Å². The molecule has 1 N–H and O–H groups in total. The molecule has 2 aliphatic rings. The summed E-state index contributed by atoms with van der Waals surface area (Å²) in [7, 11) is 0. The molecule has 3 unspecified atom stereocenters. The first-order valence-corrected chi connectivity index (χ1v) is 6.80. The molecule has 1 aliphatic heterocycles. The predicted octanol–water partition coefficient (Wildman–Crippen LogP) is 1.75. The predicted molar refractivity (Wildman–Crippen MR) is 68.3 cm³/mol. The van der Waals surface area contributed by atoms with E-state index in [-0.39, 0.29) is 5.78 Å². The Balaban J connectivity index is 1.70. The van der Waals surface area contributed by atoms with Crippen molar-refractivity contribution in [3.8, 4) is 0 Å². The van der Waals surface area contributed by atoms with E-state index in [1.54, 1.807) is 12.4 Å². The maximum absolute atomic E-state index is 12.3. The normalized spacial score (nSPS) is 30.4. The van der Waals surface area contributed by atoms with E-state index in [1.165, 1.54) is 19.3 Å². The number of nitrogens with one attached hydrogen (secondary N) is 1. The molecular weight excluding hydrogens is 226 g/mol. The van der Waals surface area contributed by atoms with Crippen molar-refractivity contribution in [1.29, 1.82) is 0 Å². The van der Waals surface area contributed by atoms with Crippen molar-refractivity contribution < 1.29 is 4.79 Å². The van der Waals surface area contributed by atoms with Gasteiger partial charge in [-0.25, -0.2) is 4.98 Å². The Kier molecular flexibility index (Phi) is 3.12. The first-order valence-electron chi connectivity index (χ1n) is 6.80. The lowest BCUT2D eigenvalue weighted by Crippen LogP contribution is -2.30. The number of hydrogen-bond acceptors (Lipinski definition) is 4. The van der Waals surface area contributed by atoms with E-state index < -0.39 is 0 Å². The summed E-state index contributed by atoms with van der Waals surface area (Å²) in [5, 5.41) is 3.51. The summed E-state index contributed by atoms with van der Waals surface area (Å²) in [6.07, 6.45) is 7.72.